The van der Waals surface area contributed by atoms with E-state index in [-0.39, 0.29) is 5.91 Å². The van der Waals surface area contributed by atoms with Gasteiger partial charge in [-0.1, -0.05) is 48.5 Å². The number of nitrogens with zero attached hydrogens (tertiary/aromatic N) is 1. The summed E-state index contributed by atoms with van der Waals surface area (Å²) in [4.78, 5) is 12.0. The van der Waals surface area contributed by atoms with Crippen molar-refractivity contribution in [3.05, 3.63) is 71.9 Å². The first-order valence-corrected chi connectivity index (χ1v) is 8.57. The van der Waals surface area contributed by atoms with Gasteiger partial charge < -0.3 is 9.88 Å². The predicted molar refractivity (Wildman–Crippen MR) is 99.0 cm³/mol. The number of aryl methyl sites for hydroxylation is 2. The Kier molecular flexibility index (Phi) is 5.32. The summed E-state index contributed by atoms with van der Waals surface area (Å²) in [5.74, 6) is 0.145. The number of hydrogen-bond donors (Lipinski definition) is 1. The maximum atomic E-state index is 12.0. The van der Waals surface area contributed by atoms with Crippen LogP contribution in [0, 0.1) is 0 Å². The number of fused-ring (bicyclic) bond motifs is 1. The molecule has 1 heterocycles. The fourth-order valence-corrected chi connectivity index (χ4v) is 3.14. The van der Waals surface area contributed by atoms with E-state index >= 15 is 0 Å². The normalized spacial score (nSPS) is 10.9. The lowest BCUT2D eigenvalue weighted by Crippen LogP contribution is -2.25. The van der Waals surface area contributed by atoms with Crippen LogP contribution in [0.25, 0.3) is 10.9 Å². The zero-order chi connectivity index (χ0) is 16.8. The van der Waals surface area contributed by atoms with E-state index in [1.165, 1.54) is 22.0 Å². The maximum absolute atomic E-state index is 12.0. The molecule has 3 aromatic rings. The molecule has 0 spiro atoms. The van der Waals surface area contributed by atoms with Crippen LogP contribution < -0.4 is 5.32 Å². The number of hydrogen-bond acceptors (Lipinski definition) is 1. The van der Waals surface area contributed by atoms with Crippen molar-refractivity contribution in [3.8, 4) is 0 Å². The molecule has 0 aliphatic rings. The SMILES string of the molecule is Cn1cc(CCCC(=O)NCCc2ccccc2)c2ccccc21. The first kappa shape index (κ1) is 16.3. The van der Waals surface area contributed by atoms with Gasteiger partial charge in [-0.05, 0) is 36.5 Å². The summed E-state index contributed by atoms with van der Waals surface area (Å²) in [6.45, 7) is 0.705. The molecule has 3 rings (SSSR count). The van der Waals surface area contributed by atoms with Crippen molar-refractivity contribution in [3.63, 3.8) is 0 Å². The van der Waals surface area contributed by atoms with Crippen LogP contribution in [-0.2, 0) is 24.7 Å². The minimum atomic E-state index is 0.145. The Bertz CT molecular complexity index is 805. The second-order valence-electron chi connectivity index (χ2n) is 6.22. The van der Waals surface area contributed by atoms with Crippen LogP contribution in [0.5, 0.6) is 0 Å². The molecular weight excluding hydrogens is 296 g/mol. The smallest absolute Gasteiger partial charge is 0.220 e. The molecule has 0 radical (unpaired) electrons. The predicted octanol–water partition coefficient (Wildman–Crippen LogP) is 3.86. The Morgan fingerprint density at radius 3 is 2.58 bits per heavy atom. The number of carbonyl (C=O) groups is 1. The van der Waals surface area contributed by atoms with Gasteiger partial charge in [0.2, 0.25) is 5.91 Å². The first-order chi connectivity index (χ1) is 11.7. The third-order valence-corrected chi connectivity index (χ3v) is 4.41. The molecule has 0 atom stereocenters. The van der Waals surface area contributed by atoms with Gasteiger partial charge in [0.1, 0.15) is 0 Å². The fraction of sp³-hybridized carbons (Fsp3) is 0.286. The second-order valence-corrected chi connectivity index (χ2v) is 6.22. The molecular formula is C21H24N2O. The van der Waals surface area contributed by atoms with E-state index in [4.69, 9.17) is 0 Å². The highest BCUT2D eigenvalue weighted by molar-refractivity contribution is 5.84. The van der Waals surface area contributed by atoms with E-state index in [1.54, 1.807) is 0 Å². The quantitative estimate of drug-likeness (QED) is 0.705. The average Bonchev–Trinajstić information content (AvgIpc) is 2.92. The van der Waals surface area contributed by atoms with Gasteiger partial charge in [-0.25, -0.2) is 0 Å². The van der Waals surface area contributed by atoms with Crippen molar-refractivity contribution < 1.29 is 4.79 Å². The molecule has 3 heteroatoms. The Balaban J connectivity index is 1.43. The van der Waals surface area contributed by atoms with Crippen LogP contribution in [0.1, 0.15) is 24.0 Å². The molecule has 0 bridgehead atoms. The molecule has 1 N–H and O–H groups in total. The number of para-hydroxylation sites is 1. The lowest BCUT2D eigenvalue weighted by Gasteiger charge is -2.05. The standard InChI is InChI=1S/C21H24N2O/c1-23-16-18(19-11-5-6-12-20(19)23)10-7-13-21(24)22-15-14-17-8-3-2-4-9-17/h2-6,8-9,11-12,16H,7,10,13-15H2,1H3,(H,22,24). The number of amides is 1. The number of nitrogens with one attached hydrogen (secondary N) is 1. The molecule has 0 fully saturated rings. The monoisotopic (exact) mass is 320 g/mol. The number of rotatable bonds is 7. The molecule has 124 valence electrons. The summed E-state index contributed by atoms with van der Waals surface area (Å²) in [5, 5.41) is 4.31. The highest BCUT2D eigenvalue weighted by Crippen LogP contribution is 2.21. The molecule has 24 heavy (non-hydrogen) atoms. The topological polar surface area (TPSA) is 34.0 Å². The lowest BCUT2D eigenvalue weighted by atomic mass is 10.1. The first-order valence-electron chi connectivity index (χ1n) is 8.57. The zero-order valence-electron chi connectivity index (χ0n) is 14.2. The molecule has 0 unspecified atom stereocenters. The van der Waals surface area contributed by atoms with Crippen LogP contribution in [0.15, 0.2) is 60.8 Å². The third-order valence-electron chi connectivity index (χ3n) is 4.41. The number of aromatic nitrogens is 1. The van der Waals surface area contributed by atoms with E-state index in [2.05, 4.69) is 59.5 Å². The van der Waals surface area contributed by atoms with Crippen molar-refractivity contribution in [2.45, 2.75) is 25.7 Å². The molecule has 0 aliphatic heterocycles. The summed E-state index contributed by atoms with van der Waals surface area (Å²) in [6, 6.07) is 18.7. The van der Waals surface area contributed by atoms with E-state index in [0.717, 1.165) is 19.3 Å². The van der Waals surface area contributed by atoms with Crippen LogP contribution in [0.2, 0.25) is 0 Å². The maximum Gasteiger partial charge on any atom is 0.220 e. The minimum absolute atomic E-state index is 0.145. The fourth-order valence-electron chi connectivity index (χ4n) is 3.14. The van der Waals surface area contributed by atoms with Gasteiger partial charge in [-0.2, -0.15) is 0 Å². The van der Waals surface area contributed by atoms with Gasteiger partial charge in [-0.3, -0.25) is 4.79 Å². The Labute approximate surface area is 143 Å². The molecule has 0 aliphatic carbocycles. The van der Waals surface area contributed by atoms with E-state index in [9.17, 15) is 4.79 Å². The van der Waals surface area contributed by atoms with Crippen molar-refractivity contribution in [1.29, 1.82) is 0 Å². The van der Waals surface area contributed by atoms with Crippen molar-refractivity contribution >= 4 is 16.8 Å². The molecule has 3 nitrogen and oxygen atoms in total. The minimum Gasteiger partial charge on any atom is -0.356 e. The molecule has 0 saturated heterocycles. The van der Waals surface area contributed by atoms with Gasteiger partial charge in [0.25, 0.3) is 0 Å². The van der Waals surface area contributed by atoms with E-state index in [0.29, 0.717) is 13.0 Å². The highest BCUT2D eigenvalue weighted by atomic mass is 16.1. The molecule has 1 aromatic heterocycles. The van der Waals surface area contributed by atoms with Gasteiger partial charge >= 0.3 is 0 Å². The summed E-state index contributed by atoms with van der Waals surface area (Å²) in [6.07, 6.45) is 5.46. The van der Waals surface area contributed by atoms with E-state index < -0.39 is 0 Å². The number of benzene rings is 2. The summed E-state index contributed by atoms with van der Waals surface area (Å²) in [5.41, 5.74) is 3.83. The van der Waals surface area contributed by atoms with Crippen molar-refractivity contribution in [1.82, 2.24) is 9.88 Å². The van der Waals surface area contributed by atoms with Crippen molar-refractivity contribution in [2.24, 2.45) is 7.05 Å². The van der Waals surface area contributed by atoms with E-state index in [1.807, 2.05) is 18.2 Å². The van der Waals surface area contributed by atoms with Crippen LogP contribution in [0.3, 0.4) is 0 Å². The lowest BCUT2D eigenvalue weighted by molar-refractivity contribution is -0.121. The summed E-state index contributed by atoms with van der Waals surface area (Å²) in [7, 11) is 2.07. The molecule has 1 amide bonds. The van der Waals surface area contributed by atoms with Crippen molar-refractivity contribution in [2.75, 3.05) is 6.54 Å². The number of carbonyl (C=O) groups excluding carboxylic acids is 1. The van der Waals surface area contributed by atoms with Crippen LogP contribution >= 0.6 is 0 Å². The largest absolute Gasteiger partial charge is 0.356 e. The van der Waals surface area contributed by atoms with Gasteiger partial charge in [0, 0.05) is 37.1 Å². The van der Waals surface area contributed by atoms with Crippen LogP contribution in [0.4, 0.5) is 0 Å². The Hall–Kier alpha value is -2.55. The summed E-state index contributed by atoms with van der Waals surface area (Å²) < 4.78 is 2.16. The van der Waals surface area contributed by atoms with Gasteiger partial charge in [0.15, 0.2) is 0 Å². The van der Waals surface area contributed by atoms with Gasteiger partial charge in [-0.15, -0.1) is 0 Å². The average molecular weight is 320 g/mol. The Morgan fingerprint density at radius 2 is 1.75 bits per heavy atom. The van der Waals surface area contributed by atoms with Crippen LogP contribution in [-0.4, -0.2) is 17.0 Å². The highest BCUT2D eigenvalue weighted by Gasteiger charge is 2.07. The summed E-state index contributed by atoms with van der Waals surface area (Å²) >= 11 is 0. The third kappa shape index (κ3) is 4.05. The second kappa shape index (κ2) is 7.82. The Morgan fingerprint density at radius 1 is 1.00 bits per heavy atom. The zero-order valence-corrected chi connectivity index (χ0v) is 14.2. The molecule has 2 aromatic carbocycles. The van der Waals surface area contributed by atoms with Gasteiger partial charge in [0.05, 0.1) is 0 Å². The molecule has 0 saturated carbocycles.